The fraction of sp³-hybridized carbons (Fsp3) is 0.364. The van der Waals surface area contributed by atoms with E-state index in [0.29, 0.717) is 0 Å². The van der Waals surface area contributed by atoms with Crippen molar-refractivity contribution in [3.8, 4) is 0 Å². The van der Waals surface area contributed by atoms with Crippen LogP contribution < -0.4 is 5.56 Å². The summed E-state index contributed by atoms with van der Waals surface area (Å²) in [7, 11) is 0. The summed E-state index contributed by atoms with van der Waals surface area (Å²) >= 11 is 5.01. The Balaban J connectivity index is 2.28. The van der Waals surface area contributed by atoms with Crippen molar-refractivity contribution < 1.29 is 0 Å². The molecular weight excluding hydrogens is 274 g/mol. The molecule has 2 aromatic heterocycles. The zero-order valence-electron chi connectivity index (χ0n) is 8.28. The van der Waals surface area contributed by atoms with Crippen LogP contribution in [0.15, 0.2) is 28.5 Å². The van der Waals surface area contributed by atoms with Gasteiger partial charge in [-0.25, -0.2) is 0 Å². The van der Waals surface area contributed by atoms with E-state index in [1.165, 1.54) is 0 Å². The van der Waals surface area contributed by atoms with Gasteiger partial charge in [0.25, 0.3) is 5.56 Å². The number of thiophene rings is 1. The topological polar surface area (TPSA) is 22.0 Å². The standard InChI is InChI=1S/C11H12BrNOS/c12-5-1-2-6-13-7-3-10-9(11(13)14)4-8-15-10/h3-4,7-8H,1-2,5-6H2. The SMILES string of the molecule is O=c1c2ccsc2ccn1CCCCBr. The maximum atomic E-state index is 11.9. The quantitative estimate of drug-likeness (QED) is 0.624. The summed E-state index contributed by atoms with van der Waals surface area (Å²) in [5.41, 5.74) is 0.142. The fourth-order valence-electron chi connectivity index (χ4n) is 1.56. The molecule has 2 heterocycles. The first kappa shape index (κ1) is 10.9. The number of aryl methyl sites for hydroxylation is 1. The van der Waals surface area contributed by atoms with Gasteiger partial charge in [0.1, 0.15) is 0 Å². The Morgan fingerprint density at radius 2 is 2.20 bits per heavy atom. The van der Waals surface area contributed by atoms with Crippen molar-refractivity contribution in [2.45, 2.75) is 19.4 Å². The van der Waals surface area contributed by atoms with Gasteiger partial charge in [-0.15, -0.1) is 11.3 Å². The van der Waals surface area contributed by atoms with Crippen molar-refractivity contribution in [2.24, 2.45) is 0 Å². The molecule has 0 bridgehead atoms. The molecule has 0 saturated heterocycles. The summed E-state index contributed by atoms with van der Waals surface area (Å²) in [5.74, 6) is 0. The summed E-state index contributed by atoms with van der Waals surface area (Å²) in [6.07, 6.45) is 4.05. The number of alkyl halides is 1. The Morgan fingerprint density at radius 3 is 3.00 bits per heavy atom. The van der Waals surface area contributed by atoms with Crippen LogP contribution in [0.25, 0.3) is 10.1 Å². The largest absolute Gasteiger partial charge is 0.315 e. The summed E-state index contributed by atoms with van der Waals surface area (Å²) in [5, 5.41) is 3.82. The third-order valence-corrected chi connectivity index (χ3v) is 3.82. The monoisotopic (exact) mass is 285 g/mol. The molecule has 80 valence electrons. The molecule has 0 atom stereocenters. The van der Waals surface area contributed by atoms with Gasteiger partial charge in [-0.05, 0) is 30.4 Å². The molecule has 0 spiro atoms. The van der Waals surface area contributed by atoms with Gasteiger partial charge >= 0.3 is 0 Å². The second-order valence-electron chi connectivity index (χ2n) is 3.41. The fourth-order valence-corrected chi connectivity index (χ4v) is 2.73. The number of unbranched alkanes of at least 4 members (excludes halogenated alkanes) is 1. The van der Waals surface area contributed by atoms with Crippen LogP contribution in [-0.4, -0.2) is 9.90 Å². The number of pyridine rings is 1. The lowest BCUT2D eigenvalue weighted by Crippen LogP contribution is -2.18. The minimum Gasteiger partial charge on any atom is -0.315 e. The molecule has 0 amide bonds. The Morgan fingerprint density at radius 1 is 1.33 bits per heavy atom. The average molecular weight is 286 g/mol. The van der Waals surface area contributed by atoms with E-state index in [4.69, 9.17) is 0 Å². The van der Waals surface area contributed by atoms with Crippen molar-refractivity contribution in [1.29, 1.82) is 0 Å². The van der Waals surface area contributed by atoms with Crippen LogP contribution in [0.5, 0.6) is 0 Å². The van der Waals surface area contributed by atoms with Crippen LogP contribution in [0.2, 0.25) is 0 Å². The minimum absolute atomic E-state index is 0.142. The molecule has 2 aromatic rings. The van der Waals surface area contributed by atoms with Gasteiger partial charge < -0.3 is 4.57 Å². The number of fused-ring (bicyclic) bond motifs is 1. The highest BCUT2D eigenvalue weighted by Gasteiger charge is 2.02. The number of hydrogen-bond acceptors (Lipinski definition) is 2. The number of nitrogens with zero attached hydrogens (tertiary/aromatic N) is 1. The molecule has 2 nitrogen and oxygen atoms in total. The normalized spacial score (nSPS) is 11.0. The molecule has 0 aliphatic heterocycles. The van der Waals surface area contributed by atoms with Gasteiger partial charge in [0.05, 0.1) is 5.39 Å². The van der Waals surface area contributed by atoms with Crippen LogP contribution in [0.3, 0.4) is 0 Å². The second kappa shape index (κ2) is 4.94. The summed E-state index contributed by atoms with van der Waals surface area (Å²) in [6, 6.07) is 3.93. The Bertz CT molecular complexity index is 503. The molecule has 0 aromatic carbocycles. The highest BCUT2D eigenvalue weighted by molar-refractivity contribution is 9.09. The Labute approximate surface area is 101 Å². The average Bonchev–Trinajstić information content (AvgIpc) is 2.70. The van der Waals surface area contributed by atoms with Gasteiger partial charge in [-0.3, -0.25) is 4.79 Å². The first-order chi connectivity index (χ1) is 7.33. The van der Waals surface area contributed by atoms with E-state index in [-0.39, 0.29) is 5.56 Å². The zero-order valence-corrected chi connectivity index (χ0v) is 10.7. The Hall–Kier alpha value is -0.610. The molecule has 0 aliphatic carbocycles. The van der Waals surface area contributed by atoms with Crippen molar-refractivity contribution in [2.75, 3.05) is 5.33 Å². The first-order valence-corrected chi connectivity index (χ1v) is 6.95. The molecular formula is C11H12BrNOS. The third-order valence-electron chi connectivity index (χ3n) is 2.37. The van der Waals surface area contributed by atoms with Gasteiger partial charge in [0.15, 0.2) is 0 Å². The van der Waals surface area contributed by atoms with Crippen LogP contribution in [-0.2, 0) is 6.54 Å². The van der Waals surface area contributed by atoms with E-state index in [0.717, 1.165) is 34.8 Å². The van der Waals surface area contributed by atoms with Crippen molar-refractivity contribution in [3.63, 3.8) is 0 Å². The summed E-state index contributed by atoms with van der Waals surface area (Å²) in [4.78, 5) is 11.9. The lowest BCUT2D eigenvalue weighted by molar-refractivity contribution is 0.621. The molecule has 0 N–H and O–H groups in total. The van der Waals surface area contributed by atoms with E-state index < -0.39 is 0 Å². The summed E-state index contributed by atoms with van der Waals surface area (Å²) < 4.78 is 2.88. The predicted octanol–water partition coefficient (Wildman–Crippen LogP) is 3.24. The van der Waals surface area contributed by atoms with Crippen LogP contribution >= 0.6 is 27.3 Å². The van der Waals surface area contributed by atoms with Gasteiger partial charge in [0.2, 0.25) is 0 Å². The van der Waals surface area contributed by atoms with Crippen LogP contribution in [0.4, 0.5) is 0 Å². The molecule has 2 rings (SSSR count). The molecule has 0 radical (unpaired) electrons. The number of hydrogen-bond donors (Lipinski definition) is 0. The van der Waals surface area contributed by atoms with Gasteiger partial charge in [-0.1, -0.05) is 15.9 Å². The predicted molar refractivity (Wildman–Crippen MR) is 69.1 cm³/mol. The highest BCUT2D eigenvalue weighted by Crippen LogP contribution is 2.16. The maximum Gasteiger partial charge on any atom is 0.259 e. The smallest absolute Gasteiger partial charge is 0.259 e. The van der Waals surface area contributed by atoms with Crippen molar-refractivity contribution in [3.05, 3.63) is 34.1 Å². The van der Waals surface area contributed by atoms with Crippen LogP contribution in [0.1, 0.15) is 12.8 Å². The molecule has 15 heavy (non-hydrogen) atoms. The zero-order chi connectivity index (χ0) is 10.7. The van der Waals surface area contributed by atoms with Gasteiger partial charge in [0, 0.05) is 22.8 Å². The first-order valence-electron chi connectivity index (χ1n) is 4.95. The van der Waals surface area contributed by atoms with E-state index in [1.807, 2.05) is 23.7 Å². The number of aromatic nitrogens is 1. The molecule has 0 aliphatic rings. The minimum atomic E-state index is 0.142. The maximum absolute atomic E-state index is 11.9. The van der Waals surface area contributed by atoms with Crippen molar-refractivity contribution >= 4 is 37.4 Å². The number of halogens is 1. The van der Waals surface area contributed by atoms with E-state index in [2.05, 4.69) is 15.9 Å². The van der Waals surface area contributed by atoms with Gasteiger partial charge in [-0.2, -0.15) is 0 Å². The lowest BCUT2D eigenvalue weighted by Gasteiger charge is -2.04. The summed E-state index contributed by atoms with van der Waals surface area (Å²) in [6.45, 7) is 0.816. The number of rotatable bonds is 4. The molecule has 0 fully saturated rings. The van der Waals surface area contributed by atoms with E-state index >= 15 is 0 Å². The van der Waals surface area contributed by atoms with E-state index in [9.17, 15) is 4.79 Å². The van der Waals surface area contributed by atoms with Crippen molar-refractivity contribution in [1.82, 2.24) is 4.57 Å². The highest BCUT2D eigenvalue weighted by atomic mass is 79.9. The van der Waals surface area contributed by atoms with Crippen LogP contribution in [0, 0.1) is 0 Å². The lowest BCUT2D eigenvalue weighted by atomic mass is 10.3. The molecule has 0 saturated carbocycles. The second-order valence-corrected chi connectivity index (χ2v) is 5.15. The molecule has 4 heteroatoms. The molecule has 0 unspecified atom stereocenters. The van der Waals surface area contributed by atoms with E-state index in [1.54, 1.807) is 15.9 Å². The Kier molecular flexibility index (Phi) is 3.59. The third kappa shape index (κ3) is 2.32.